The molecule has 2 aromatic carbocycles. The fourth-order valence-corrected chi connectivity index (χ4v) is 4.33. The molecule has 0 unspecified atom stereocenters. The van der Waals surface area contributed by atoms with Crippen LogP contribution in [0.2, 0.25) is 0 Å². The largest absolute Gasteiger partial charge is 0.494 e. The molecule has 1 aliphatic rings. The van der Waals surface area contributed by atoms with Crippen LogP contribution in [-0.2, 0) is 12.3 Å². The molecule has 9 heteroatoms. The van der Waals surface area contributed by atoms with Crippen LogP contribution in [0.4, 0.5) is 4.39 Å². The second-order valence-corrected chi connectivity index (χ2v) is 8.63. The second kappa shape index (κ2) is 10.1. The highest BCUT2D eigenvalue weighted by Crippen LogP contribution is 2.23. The lowest BCUT2D eigenvalue weighted by Crippen LogP contribution is -2.48. The zero-order valence-electron chi connectivity index (χ0n) is 18.1. The number of carbonyl (C=O) groups excluding carboxylic acids is 1. The molecule has 1 aliphatic heterocycles. The molecular weight excluding hydrogens is 431 g/mol. The van der Waals surface area contributed by atoms with Gasteiger partial charge >= 0.3 is 0 Å². The molecule has 0 atom stereocenters. The highest BCUT2D eigenvalue weighted by Gasteiger charge is 2.22. The van der Waals surface area contributed by atoms with Crippen molar-refractivity contribution in [1.29, 1.82) is 0 Å². The fraction of sp³-hybridized carbons (Fsp3) is 0.348. The topological polar surface area (TPSA) is 71.7 Å². The first-order valence-corrected chi connectivity index (χ1v) is 11.4. The van der Waals surface area contributed by atoms with Gasteiger partial charge < -0.3 is 14.2 Å². The zero-order valence-corrected chi connectivity index (χ0v) is 18.9. The number of thioether (sulfide) groups is 1. The number of halogens is 1. The summed E-state index contributed by atoms with van der Waals surface area (Å²) in [5.74, 6) is 1.73. The van der Waals surface area contributed by atoms with Gasteiger partial charge in [-0.05, 0) is 48.9 Å². The Morgan fingerprint density at radius 2 is 1.91 bits per heavy atom. The van der Waals surface area contributed by atoms with Gasteiger partial charge in [-0.15, -0.1) is 11.8 Å². The minimum Gasteiger partial charge on any atom is -0.494 e. The van der Waals surface area contributed by atoms with Crippen LogP contribution in [0.25, 0.3) is 0 Å². The fourth-order valence-electron chi connectivity index (χ4n) is 3.60. The summed E-state index contributed by atoms with van der Waals surface area (Å²) in [7, 11) is 1.46. The third-order valence-electron chi connectivity index (χ3n) is 5.32. The van der Waals surface area contributed by atoms with Gasteiger partial charge in [-0.3, -0.25) is 9.69 Å². The number of piperazine rings is 1. The maximum absolute atomic E-state index is 13.9. The van der Waals surface area contributed by atoms with Gasteiger partial charge in [-0.2, -0.15) is 4.98 Å². The molecule has 2 heterocycles. The van der Waals surface area contributed by atoms with E-state index in [9.17, 15) is 9.18 Å². The van der Waals surface area contributed by atoms with Crippen LogP contribution in [0.15, 0.2) is 51.9 Å². The molecule has 0 bridgehead atoms. The summed E-state index contributed by atoms with van der Waals surface area (Å²) in [5, 5.41) is 3.78. The summed E-state index contributed by atoms with van der Waals surface area (Å²) in [6.45, 7) is 5.22. The van der Waals surface area contributed by atoms with Gasteiger partial charge in [0.1, 0.15) is 0 Å². The molecule has 4 rings (SSSR count). The quantitative estimate of drug-likeness (QED) is 0.501. The monoisotopic (exact) mass is 456 g/mol. The van der Waals surface area contributed by atoms with Crippen molar-refractivity contribution in [2.45, 2.75) is 24.1 Å². The summed E-state index contributed by atoms with van der Waals surface area (Å²) < 4.78 is 24.0. The number of carbonyl (C=O) groups is 1. The molecule has 168 valence electrons. The maximum atomic E-state index is 13.9. The first-order chi connectivity index (χ1) is 15.5. The highest BCUT2D eigenvalue weighted by molar-refractivity contribution is 7.98. The van der Waals surface area contributed by atoms with E-state index >= 15 is 0 Å². The van der Waals surface area contributed by atoms with E-state index in [0.29, 0.717) is 42.7 Å². The molecule has 1 fully saturated rings. The van der Waals surface area contributed by atoms with E-state index in [1.165, 1.54) is 13.2 Å². The molecular formula is C23H25FN4O3S. The van der Waals surface area contributed by atoms with Gasteiger partial charge in [0.2, 0.25) is 5.89 Å². The summed E-state index contributed by atoms with van der Waals surface area (Å²) in [6, 6.07) is 12.6. The Labute approximate surface area is 190 Å². The highest BCUT2D eigenvalue weighted by atomic mass is 32.2. The normalized spacial score (nSPS) is 14.5. The summed E-state index contributed by atoms with van der Waals surface area (Å²) in [4.78, 5) is 22.2. The van der Waals surface area contributed by atoms with E-state index in [0.717, 1.165) is 23.5 Å². The average Bonchev–Trinajstić information content (AvgIpc) is 3.23. The first-order valence-electron chi connectivity index (χ1n) is 10.4. The zero-order chi connectivity index (χ0) is 22.5. The minimum atomic E-state index is -0.354. The van der Waals surface area contributed by atoms with E-state index in [1.807, 2.05) is 35.2 Å². The van der Waals surface area contributed by atoms with Crippen molar-refractivity contribution in [3.63, 3.8) is 0 Å². The average molecular weight is 457 g/mol. The summed E-state index contributed by atoms with van der Waals surface area (Å²) >= 11 is 1.58. The molecule has 7 nitrogen and oxygen atoms in total. The number of aryl methyl sites for hydroxylation is 1. The number of methoxy groups -OCH3 is 1. The van der Waals surface area contributed by atoms with Crippen LogP contribution < -0.4 is 4.74 Å². The van der Waals surface area contributed by atoms with Crippen LogP contribution >= 0.6 is 11.8 Å². The molecule has 0 spiro atoms. The smallest absolute Gasteiger partial charge is 0.253 e. The van der Waals surface area contributed by atoms with E-state index in [2.05, 4.69) is 15.0 Å². The molecule has 0 N–H and O–H groups in total. The molecule has 0 saturated carbocycles. The predicted octanol–water partition coefficient (Wildman–Crippen LogP) is 3.78. The number of benzene rings is 2. The third kappa shape index (κ3) is 5.46. The molecule has 0 radical (unpaired) electrons. The van der Waals surface area contributed by atoms with Crippen LogP contribution in [-0.4, -0.2) is 59.1 Å². The number of nitrogens with zero attached hydrogens (tertiary/aromatic N) is 4. The van der Waals surface area contributed by atoms with Crippen molar-refractivity contribution in [3.05, 3.63) is 71.1 Å². The van der Waals surface area contributed by atoms with Gasteiger partial charge in [0, 0.05) is 43.2 Å². The van der Waals surface area contributed by atoms with Gasteiger partial charge in [-0.25, -0.2) is 4.39 Å². The van der Waals surface area contributed by atoms with E-state index in [-0.39, 0.29) is 17.5 Å². The van der Waals surface area contributed by atoms with Crippen LogP contribution in [0.5, 0.6) is 5.75 Å². The summed E-state index contributed by atoms with van der Waals surface area (Å²) in [5.41, 5.74) is 1.57. The predicted molar refractivity (Wildman–Crippen MR) is 119 cm³/mol. The standard InChI is InChI=1S/C23H25FN4O3S/c1-16-25-22(31-26-16)15-32-19-6-4-18(5-7-19)23(29)28-11-9-27(10-12-28)14-17-3-8-21(30-2)20(24)13-17/h3-8,13H,9-12,14-15H2,1-2H3. The lowest BCUT2D eigenvalue weighted by Gasteiger charge is -2.34. The SMILES string of the molecule is COc1ccc(CN2CCN(C(=O)c3ccc(SCc4nc(C)no4)cc3)CC2)cc1F. The molecule has 1 aromatic heterocycles. The second-order valence-electron chi connectivity index (χ2n) is 7.59. The van der Waals surface area contributed by atoms with Crippen molar-refractivity contribution in [2.24, 2.45) is 0 Å². The Morgan fingerprint density at radius 3 is 2.53 bits per heavy atom. The van der Waals surface area contributed by atoms with Crippen molar-refractivity contribution < 1.29 is 18.4 Å². The number of hydrogen-bond donors (Lipinski definition) is 0. The Kier molecular flexibility index (Phi) is 7.06. The van der Waals surface area contributed by atoms with E-state index in [1.54, 1.807) is 24.8 Å². The number of ether oxygens (including phenoxy) is 1. The van der Waals surface area contributed by atoms with Crippen molar-refractivity contribution in [3.8, 4) is 5.75 Å². The molecule has 32 heavy (non-hydrogen) atoms. The summed E-state index contributed by atoms with van der Waals surface area (Å²) in [6.07, 6.45) is 0. The lowest BCUT2D eigenvalue weighted by atomic mass is 10.1. The number of rotatable bonds is 7. The van der Waals surface area contributed by atoms with Crippen LogP contribution in [0.1, 0.15) is 27.6 Å². The minimum absolute atomic E-state index is 0.0317. The van der Waals surface area contributed by atoms with Crippen molar-refractivity contribution in [1.82, 2.24) is 19.9 Å². The Hall–Kier alpha value is -2.91. The van der Waals surface area contributed by atoms with E-state index in [4.69, 9.17) is 9.26 Å². The van der Waals surface area contributed by atoms with E-state index < -0.39 is 0 Å². The van der Waals surface area contributed by atoms with Gasteiger partial charge in [0.15, 0.2) is 17.4 Å². The van der Waals surface area contributed by atoms with Crippen molar-refractivity contribution >= 4 is 17.7 Å². The Balaban J connectivity index is 1.27. The number of hydrogen-bond acceptors (Lipinski definition) is 7. The first kappa shape index (κ1) is 22.3. The van der Waals surface area contributed by atoms with Crippen molar-refractivity contribution in [2.75, 3.05) is 33.3 Å². The van der Waals surface area contributed by atoms with Gasteiger partial charge in [-0.1, -0.05) is 11.2 Å². The number of aromatic nitrogens is 2. The Morgan fingerprint density at radius 1 is 1.16 bits per heavy atom. The maximum Gasteiger partial charge on any atom is 0.253 e. The molecule has 1 saturated heterocycles. The van der Waals surface area contributed by atoms with Gasteiger partial charge in [0.25, 0.3) is 5.91 Å². The van der Waals surface area contributed by atoms with Crippen LogP contribution in [0, 0.1) is 12.7 Å². The molecule has 0 aliphatic carbocycles. The molecule has 1 amide bonds. The molecule has 3 aromatic rings. The van der Waals surface area contributed by atoms with Crippen LogP contribution in [0.3, 0.4) is 0 Å². The third-order valence-corrected chi connectivity index (χ3v) is 6.31. The number of amides is 1. The lowest BCUT2D eigenvalue weighted by molar-refractivity contribution is 0.0628. The Bertz CT molecular complexity index is 1070. The van der Waals surface area contributed by atoms with Gasteiger partial charge in [0.05, 0.1) is 12.9 Å².